The summed E-state index contributed by atoms with van der Waals surface area (Å²) in [7, 11) is 0. The van der Waals surface area contributed by atoms with Gasteiger partial charge in [0.1, 0.15) is 0 Å². The van der Waals surface area contributed by atoms with Crippen molar-refractivity contribution in [2.75, 3.05) is 6.61 Å². The Morgan fingerprint density at radius 3 is 2.65 bits per heavy atom. The molecule has 0 aromatic carbocycles. The Morgan fingerprint density at radius 1 is 1.35 bits per heavy atom. The van der Waals surface area contributed by atoms with Gasteiger partial charge in [-0.15, -0.1) is 0 Å². The van der Waals surface area contributed by atoms with Crippen LogP contribution < -0.4 is 0 Å². The Balaban J connectivity index is 2.19. The molecular weight excluding hydrogens is 256 g/mol. The van der Waals surface area contributed by atoms with E-state index in [9.17, 15) is 9.59 Å². The van der Waals surface area contributed by atoms with Crippen molar-refractivity contribution in [3.63, 3.8) is 0 Å². The summed E-state index contributed by atoms with van der Waals surface area (Å²) in [4.78, 5) is 27.1. The van der Waals surface area contributed by atoms with E-state index < -0.39 is 5.41 Å². The standard InChI is InChI=1S/C15H22N2O3/c1-2-20-14(19)15(12-5-3-4-6-12)8-7-11(9-15)13(18)10-17-16/h10-12H,2-9H2,1H3. The van der Waals surface area contributed by atoms with Crippen molar-refractivity contribution in [2.45, 2.75) is 51.9 Å². The first kappa shape index (κ1) is 14.9. The minimum absolute atomic E-state index is 0.136. The molecule has 0 heterocycles. The van der Waals surface area contributed by atoms with Gasteiger partial charge in [0.25, 0.3) is 0 Å². The van der Waals surface area contributed by atoms with Gasteiger partial charge in [0.15, 0.2) is 0 Å². The van der Waals surface area contributed by atoms with E-state index in [0.29, 0.717) is 31.8 Å². The number of hydrogen-bond acceptors (Lipinski definition) is 3. The van der Waals surface area contributed by atoms with Crippen LogP contribution >= 0.6 is 0 Å². The number of carbonyl (C=O) groups excluding carboxylic acids is 2. The summed E-state index contributed by atoms with van der Waals surface area (Å²) in [5.41, 5.74) is 8.00. The molecule has 0 bridgehead atoms. The lowest BCUT2D eigenvalue weighted by Gasteiger charge is -2.33. The highest BCUT2D eigenvalue weighted by Gasteiger charge is 2.53. The molecule has 0 aromatic rings. The van der Waals surface area contributed by atoms with E-state index in [1.165, 1.54) is 0 Å². The van der Waals surface area contributed by atoms with Crippen molar-refractivity contribution in [1.82, 2.24) is 0 Å². The van der Waals surface area contributed by atoms with E-state index in [-0.39, 0.29) is 17.7 Å². The number of hydrogen-bond donors (Lipinski definition) is 0. The third-order valence-electron chi connectivity index (χ3n) is 4.96. The number of Topliss-reactive ketones (excluding diaryl/α,β-unsaturated/α-hetero) is 1. The first-order valence-corrected chi connectivity index (χ1v) is 7.52. The second-order valence-electron chi connectivity index (χ2n) is 5.94. The molecule has 0 aromatic heterocycles. The fraction of sp³-hybridized carbons (Fsp3) is 0.800. The zero-order valence-corrected chi connectivity index (χ0v) is 12.0. The third-order valence-corrected chi connectivity index (χ3v) is 4.96. The lowest BCUT2D eigenvalue weighted by Crippen LogP contribution is -2.37. The van der Waals surface area contributed by atoms with Crippen LogP contribution in [-0.2, 0) is 14.3 Å². The van der Waals surface area contributed by atoms with Gasteiger partial charge < -0.3 is 10.3 Å². The molecule has 2 unspecified atom stereocenters. The Kier molecular flexibility index (Phi) is 4.71. The maximum atomic E-state index is 12.5. The quantitative estimate of drug-likeness (QED) is 0.335. The summed E-state index contributed by atoms with van der Waals surface area (Å²) in [6.45, 7) is 2.19. The normalized spacial score (nSPS) is 29.9. The lowest BCUT2D eigenvalue weighted by atomic mass is 9.72. The van der Waals surface area contributed by atoms with Crippen molar-refractivity contribution in [2.24, 2.45) is 17.3 Å². The predicted octanol–water partition coefficient (Wildman–Crippen LogP) is 2.40. The number of ether oxygens (including phenoxy) is 1. The lowest BCUT2D eigenvalue weighted by molar-refractivity contribution is -0.159. The summed E-state index contributed by atoms with van der Waals surface area (Å²) in [6.07, 6.45) is 7.31. The SMILES string of the molecule is CCOC(=O)C1(C2CCCC2)CCC(C(=O)C=[N+]=[N-])C1. The van der Waals surface area contributed by atoms with Gasteiger partial charge >= 0.3 is 12.2 Å². The van der Waals surface area contributed by atoms with Crippen molar-refractivity contribution in [3.05, 3.63) is 5.53 Å². The Hall–Kier alpha value is -1.48. The highest BCUT2D eigenvalue weighted by atomic mass is 16.5. The summed E-state index contributed by atoms with van der Waals surface area (Å²) in [5, 5.41) is 0. The molecule has 0 spiro atoms. The number of ketones is 1. The van der Waals surface area contributed by atoms with Crippen LogP contribution in [0.15, 0.2) is 0 Å². The van der Waals surface area contributed by atoms with Gasteiger partial charge in [-0.25, -0.2) is 0 Å². The minimum Gasteiger partial charge on any atom is -0.466 e. The number of carbonyl (C=O) groups is 2. The fourth-order valence-corrected chi connectivity index (χ4v) is 3.96. The smallest absolute Gasteiger partial charge is 0.323 e. The summed E-state index contributed by atoms with van der Waals surface area (Å²) in [6, 6.07) is 0. The number of nitrogens with zero attached hydrogens (tertiary/aromatic N) is 2. The summed E-state index contributed by atoms with van der Waals surface area (Å²) in [5.74, 6) is -0.193. The zero-order chi connectivity index (χ0) is 14.6. The van der Waals surface area contributed by atoms with Gasteiger partial charge in [-0.2, -0.15) is 4.79 Å². The van der Waals surface area contributed by atoms with Crippen LogP contribution in [0.1, 0.15) is 51.9 Å². The van der Waals surface area contributed by atoms with Crippen LogP contribution in [0.25, 0.3) is 5.53 Å². The number of esters is 1. The largest absolute Gasteiger partial charge is 0.466 e. The van der Waals surface area contributed by atoms with Gasteiger partial charge in [0, 0.05) is 5.92 Å². The van der Waals surface area contributed by atoms with Crippen LogP contribution in [0.3, 0.4) is 0 Å². The zero-order valence-electron chi connectivity index (χ0n) is 12.0. The van der Waals surface area contributed by atoms with E-state index >= 15 is 0 Å². The van der Waals surface area contributed by atoms with Crippen LogP contribution in [0, 0.1) is 17.3 Å². The second-order valence-corrected chi connectivity index (χ2v) is 5.94. The summed E-state index contributed by atoms with van der Waals surface area (Å²) >= 11 is 0. The third kappa shape index (κ3) is 2.68. The molecule has 110 valence electrons. The van der Waals surface area contributed by atoms with Crippen molar-refractivity contribution >= 4 is 18.0 Å². The molecular formula is C15H22N2O3. The monoisotopic (exact) mass is 278 g/mol. The molecule has 2 aliphatic carbocycles. The Bertz CT molecular complexity index is 436. The fourth-order valence-electron chi connectivity index (χ4n) is 3.96. The first-order valence-electron chi connectivity index (χ1n) is 7.52. The van der Waals surface area contributed by atoms with Crippen LogP contribution in [0.5, 0.6) is 0 Å². The average Bonchev–Trinajstić information content (AvgIpc) is 3.09. The molecule has 0 saturated heterocycles. The van der Waals surface area contributed by atoms with Crippen LogP contribution in [0.2, 0.25) is 0 Å². The topological polar surface area (TPSA) is 79.8 Å². The Labute approximate surface area is 119 Å². The second kappa shape index (κ2) is 6.31. The highest BCUT2D eigenvalue weighted by Crippen LogP contribution is 2.53. The average molecular weight is 278 g/mol. The maximum Gasteiger partial charge on any atom is 0.323 e. The predicted molar refractivity (Wildman–Crippen MR) is 73.1 cm³/mol. The molecule has 2 fully saturated rings. The van der Waals surface area contributed by atoms with Crippen molar-refractivity contribution < 1.29 is 19.1 Å². The molecule has 0 amide bonds. The van der Waals surface area contributed by atoms with Gasteiger partial charge in [-0.3, -0.25) is 9.59 Å². The molecule has 2 rings (SSSR count). The van der Waals surface area contributed by atoms with E-state index in [1.807, 2.05) is 6.92 Å². The molecule has 20 heavy (non-hydrogen) atoms. The van der Waals surface area contributed by atoms with Crippen LogP contribution in [-0.4, -0.2) is 29.4 Å². The Morgan fingerprint density at radius 2 is 2.05 bits per heavy atom. The van der Waals surface area contributed by atoms with Gasteiger partial charge in [0.05, 0.1) is 12.0 Å². The molecule has 2 atom stereocenters. The molecule has 0 radical (unpaired) electrons. The molecule has 2 aliphatic rings. The molecule has 0 aliphatic heterocycles. The maximum absolute atomic E-state index is 12.5. The molecule has 5 heteroatoms. The number of rotatable bonds is 5. The van der Waals surface area contributed by atoms with E-state index in [0.717, 1.165) is 31.9 Å². The van der Waals surface area contributed by atoms with Crippen molar-refractivity contribution in [1.29, 1.82) is 0 Å². The van der Waals surface area contributed by atoms with E-state index in [1.54, 1.807) is 0 Å². The van der Waals surface area contributed by atoms with E-state index in [2.05, 4.69) is 4.79 Å². The molecule has 5 nitrogen and oxygen atoms in total. The van der Waals surface area contributed by atoms with Crippen LogP contribution in [0.4, 0.5) is 0 Å². The van der Waals surface area contributed by atoms with E-state index in [4.69, 9.17) is 10.3 Å². The molecule has 0 N–H and O–H groups in total. The van der Waals surface area contributed by atoms with Gasteiger partial charge in [-0.05, 0) is 44.9 Å². The molecule has 2 saturated carbocycles. The van der Waals surface area contributed by atoms with Gasteiger partial charge in [0.2, 0.25) is 5.78 Å². The highest BCUT2D eigenvalue weighted by molar-refractivity contribution is 6.26. The van der Waals surface area contributed by atoms with Gasteiger partial charge in [-0.1, -0.05) is 12.8 Å². The van der Waals surface area contributed by atoms with Crippen molar-refractivity contribution in [3.8, 4) is 0 Å². The first-order chi connectivity index (χ1) is 9.64. The minimum atomic E-state index is -0.490. The summed E-state index contributed by atoms with van der Waals surface area (Å²) < 4.78 is 5.30.